The quantitative estimate of drug-likeness (QED) is 0.160. The van der Waals surface area contributed by atoms with E-state index in [9.17, 15) is 11.0 Å². The minimum Gasteiger partial charge on any atom is -0.309 e. The second-order valence-electron chi connectivity index (χ2n) is 15.8. The molecule has 0 bridgehead atoms. The van der Waals surface area contributed by atoms with Crippen LogP contribution in [0.3, 0.4) is 0 Å². The molecule has 308 valence electrons. The Morgan fingerprint density at radius 3 is 1.24 bits per heavy atom. The molecule has 13 aromatic rings. The van der Waals surface area contributed by atoms with Gasteiger partial charge in [0.15, 0.2) is 5.82 Å². The van der Waals surface area contributed by atoms with Gasteiger partial charge in [-0.2, -0.15) is 0 Å². The van der Waals surface area contributed by atoms with Crippen LogP contribution in [0, 0.1) is 0 Å². The van der Waals surface area contributed by atoms with Crippen LogP contribution in [0.5, 0.6) is 0 Å². The van der Waals surface area contributed by atoms with Gasteiger partial charge in [-0.05, 0) is 81.5 Å². The van der Waals surface area contributed by atoms with Gasteiger partial charge < -0.3 is 9.13 Å². The van der Waals surface area contributed by atoms with Crippen LogP contribution in [-0.4, -0.2) is 19.1 Å². The van der Waals surface area contributed by atoms with Crippen molar-refractivity contribution < 1.29 is 21.9 Å². The third-order valence-corrected chi connectivity index (χ3v) is 12.0. The minimum absolute atomic E-state index is 0.0682. The predicted octanol–water partition coefficient (Wildman–Crippen LogP) is 16.2. The highest BCUT2D eigenvalue weighted by Crippen LogP contribution is 2.41. The topological polar surface area (TPSA) is 35.6 Å². The molecule has 0 N–H and O–H groups in total. The summed E-state index contributed by atoms with van der Waals surface area (Å²) in [5.74, 6) is 0.481. The monoisotopic (exact) mass is 856 g/mol. The summed E-state index contributed by atoms with van der Waals surface area (Å²) < 4.78 is 147. The molecule has 66 heavy (non-hydrogen) atoms. The zero-order valence-electron chi connectivity index (χ0n) is 50.6. The van der Waals surface area contributed by atoms with E-state index in [1.807, 2.05) is 115 Å². The number of benzene rings is 10. The van der Waals surface area contributed by atoms with Gasteiger partial charge in [-0.15, -0.1) is 0 Å². The number of aromatic nitrogens is 4. The van der Waals surface area contributed by atoms with E-state index >= 15 is 0 Å². The first-order chi connectivity index (χ1) is 39.4. The van der Waals surface area contributed by atoms with E-state index < -0.39 is 96.7 Å². The van der Waals surface area contributed by atoms with Crippen molar-refractivity contribution in [2.24, 2.45) is 0 Å². The van der Waals surface area contributed by atoms with Crippen LogP contribution in [0.15, 0.2) is 242 Å². The Hall–Kier alpha value is -8.86. The number of nitrogens with zero attached hydrogens (tertiary/aromatic N) is 4. The predicted molar refractivity (Wildman–Crippen MR) is 275 cm³/mol. The lowest BCUT2D eigenvalue weighted by Crippen LogP contribution is -2.00. The van der Waals surface area contributed by atoms with Crippen molar-refractivity contribution in [2.75, 3.05) is 0 Å². The molecule has 0 aliphatic heterocycles. The van der Waals surface area contributed by atoms with E-state index in [1.165, 1.54) is 15.2 Å². The second-order valence-corrected chi connectivity index (χ2v) is 15.8. The van der Waals surface area contributed by atoms with Crippen molar-refractivity contribution in [2.45, 2.75) is 0 Å². The summed E-state index contributed by atoms with van der Waals surface area (Å²) in [6.07, 6.45) is 0. The summed E-state index contributed by atoms with van der Waals surface area (Å²) in [7, 11) is 0. The summed E-state index contributed by atoms with van der Waals surface area (Å²) in [5, 5.41) is 0.688. The van der Waals surface area contributed by atoms with E-state index in [4.69, 9.17) is 20.9 Å². The lowest BCUT2D eigenvalue weighted by molar-refractivity contribution is 1.13. The third-order valence-electron chi connectivity index (χ3n) is 12.0. The molecule has 0 spiro atoms. The van der Waals surface area contributed by atoms with Crippen LogP contribution in [-0.2, 0) is 0 Å². The Kier molecular flexibility index (Phi) is 5.81. The summed E-state index contributed by atoms with van der Waals surface area (Å²) >= 11 is 0. The van der Waals surface area contributed by atoms with Crippen LogP contribution in [0.25, 0.3) is 122 Å². The number of hydrogen-bond donors (Lipinski definition) is 0. The van der Waals surface area contributed by atoms with Crippen molar-refractivity contribution in [1.82, 2.24) is 19.1 Å². The molecule has 0 saturated heterocycles. The normalized spacial score (nSPS) is 15.0. The maximum absolute atomic E-state index is 9.40. The Morgan fingerprint density at radius 1 is 0.303 bits per heavy atom. The fourth-order valence-electron chi connectivity index (χ4n) is 9.05. The molecular formula is C62H40N4. The van der Waals surface area contributed by atoms with Crippen LogP contribution in [0.2, 0.25) is 0 Å². The van der Waals surface area contributed by atoms with E-state index in [-0.39, 0.29) is 55.0 Å². The minimum atomic E-state index is -0.642. The first kappa shape index (κ1) is 24.8. The Morgan fingerprint density at radius 2 is 0.712 bits per heavy atom. The Bertz CT molecular complexity index is 4590. The fourth-order valence-corrected chi connectivity index (χ4v) is 9.05. The van der Waals surface area contributed by atoms with Crippen molar-refractivity contribution in [1.29, 1.82) is 0 Å². The highest BCUT2D eigenvalue weighted by molar-refractivity contribution is 6.11. The summed E-state index contributed by atoms with van der Waals surface area (Å²) in [4.78, 5) is 10.3. The highest BCUT2D eigenvalue weighted by atomic mass is 15.0. The number of hydrogen-bond acceptors (Lipinski definition) is 2. The standard InChI is InChI=1S/C62H40N4/c1-3-17-41(18-4-1)42-31-33-43(34-32-42)56-40-57(64-62(63-56)44-19-5-2-6-20-44)51-36-35-48(49-21-7-8-22-50(49)51)45-37-46(65-58-27-13-9-23-52(58)53-24-10-14-28-59(53)65)39-47(38-45)66-60-29-15-11-25-54(60)55-26-12-16-30-61(55)66/h1-40H/i9D,10D,11D,12D,13D,14D,15D,16D,23D,24D,25D,26D,27D,28D,29D,30D. The van der Waals surface area contributed by atoms with Crippen LogP contribution in [0.1, 0.15) is 21.9 Å². The molecule has 0 atom stereocenters. The maximum atomic E-state index is 9.40. The van der Waals surface area contributed by atoms with Gasteiger partial charge in [0.25, 0.3) is 0 Å². The lowest BCUT2D eigenvalue weighted by Gasteiger charge is -2.18. The molecule has 4 heteroatoms. The third kappa shape index (κ3) is 6.22. The van der Waals surface area contributed by atoms with E-state index in [2.05, 4.69) is 12.1 Å². The van der Waals surface area contributed by atoms with Gasteiger partial charge in [0, 0.05) is 49.6 Å². The van der Waals surface area contributed by atoms with Crippen molar-refractivity contribution in [3.63, 3.8) is 0 Å². The van der Waals surface area contributed by atoms with Gasteiger partial charge in [0.1, 0.15) is 0 Å². The van der Waals surface area contributed by atoms with E-state index in [1.54, 1.807) is 12.1 Å². The molecule has 3 heterocycles. The molecule has 13 rings (SSSR count). The van der Waals surface area contributed by atoms with E-state index in [0.717, 1.165) is 33.2 Å². The van der Waals surface area contributed by atoms with Crippen molar-refractivity contribution in [3.8, 4) is 67.5 Å². The Labute approximate surface area is 404 Å². The van der Waals surface area contributed by atoms with Gasteiger partial charge in [-0.1, -0.05) is 194 Å². The molecule has 0 radical (unpaired) electrons. The van der Waals surface area contributed by atoms with Gasteiger partial charge >= 0.3 is 0 Å². The smallest absolute Gasteiger partial charge is 0.160 e. The molecule has 0 aliphatic rings. The molecule has 10 aromatic carbocycles. The van der Waals surface area contributed by atoms with Gasteiger partial charge in [0.2, 0.25) is 0 Å². The SMILES string of the molecule is [2H]c1c([2H])c([2H])c2c(c1[2H])c1c([2H])c([2H])c([2H])c([2H])c1n2-c1cc(-c2ccc(-c3cc(-c4ccc(-c5ccccc5)cc4)nc(-c4ccccc4)n3)c3ccccc23)cc(-n2c3c([2H])c([2H])c([2H])c([2H])c3c3c([2H])c([2H])c([2H])c([2H])c32)c1. The molecule has 0 unspecified atom stereocenters. The molecular weight excluding hydrogens is 801 g/mol. The zero-order chi connectivity index (χ0) is 57.5. The number of rotatable bonds is 7. The zero-order valence-corrected chi connectivity index (χ0v) is 34.6. The molecule has 0 aliphatic carbocycles. The first-order valence-corrected chi connectivity index (χ1v) is 21.2. The van der Waals surface area contributed by atoms with Gasteiger partial charge in [-0.25, -0.2) is 9.97 Å². The van der Waals surface area contributed by atoms with Gasteiger partial charge in [-0.3, -0.25) is 0 Å². The van der Waals surface area contributed by atoms with E-state index in [0.29, 0.717) is 33.7 Å². The first-order valence-electron chi connectivity index (χ1n) is 29.2. The summed E-state index contributed by atoms with van der Waals surface area (Å²) in [6, 6.07) is 36.5. The summed E-state index contributed by atoms with van der Waals surface area (Å²) in [6.45, 7) is 0. The fraction of sp³-hybridized carbons (Fsp3) is 0. The van der Waals surface area contributed by atoms with Crippen LogP contribution >= 0.6 is 0 Å². The number of para-hydroxylation sites is 4. The summed E-state index contributed by atoms with van der Waals surface area (Å²) in [5.41, 5.74) is 6.05. The van der Waals surface area contributed by atoms with Crippen molar-refractivity contribution >= 4 is 54.4 Å². The average Bonchev–Trinajstić information content (AvgIpc) is 2.16. The molecule has 0 fully saturated rings. The Balaban J connectivity index is 1.14. The molecule has 0 saturated carbocycles. The van der Waals surface area contributed by atoms with Gasteiger partial charge in [0.05, 0.1) is 55.4 Å². The highest BCUT2D eigenvalue weighted by Gasteiger charge is 2.20. The number of fused-ring (bicyclic) bond motifs is 7. The van der Waals surface area contributed by atoms with Crippen LogP contribution in [0.4, 0.5) is 0 Å². The largest absolute Gasteiger partial charge is 0.309 e. The maximum Gasteiger partial charge on any atom is 0.160 e. The lowest BCUT2D eigenvalue weighted by atomic mass is 9.92. The average molecular weight is 857 g/mol. The molecule has 4 nitrogen and oxygen atoms in total. The molecule has 0 amide bonds. The van der Waals surface area contributed by atoms with Crippen LogP contribution < -0.4 is 0 Å². The van der Waals surface area contributed by atoms with Crippen molar-refractivity contribution in [3.05, 3.63) is 242 Å². The second kappa shape index (κ2) is 15.4. The molecule has 3 aromatic heterocycles.